The Kier molecular flexibility index (Phi) is 5.11. The Morgan fingerprint density at radius 1 is 1.21 bits per heavy atom. The maximum Gasteiger partial charge on any atom is 0.139 e. The van der Waals surface area contributed by atoms with Crippen LogP contribution in [0, 0.1) is 6.92 Å². The number of hydrogen-bond acceptors (Lipinski definition) is 2. The van der Waals surface area contributed by atoms with Crippen molar-refractivity contribution in [3.63, 3.8) is 0 Å². The molecule has 2 aromatic carbocycles. The summed E-state index contributed by atoms with van der Waals surface area (Å²) < 4.78 is 6.60. The number of halogens is 2. The van der Waals surface area contributed by atoms with Crippen LogP contribution in [0.5, 0.6) is 5.75 Å². The number of aryl methyl sites for hydroxylation is 1. The third-order valence-electron chi connectivity index (χ3n) is 2.60. The van der Waals surface area contributed by atoms with Gasteiger partial charge in [-0.3, -0.25) is 0 Å². The van der Waals surface area contributed by atoms with E-state index in [1.165, 1.54) is 5.56 Å². The Balaban J connectivity index is 1.82. The van der Waals surface area contributed by atoms with Crippen molar-refractivity contribution in [1.82, 2.24) is 0 Å². The molecule has 0 amide bonds. The minimum atomic E-state index is 0.560. The molecule has 1 N–H and O–H groups in total. The maximum atomic E-state index is 6.05. The fourth-order valence-corrected chi connectivity index (χ4v) is 2.21. The van der Waals surface area contributed by atoms with Crippen molar-refractivity contribution in [3.8, 4) is 5.75 Å². The van der Waals surface area contributed by atoms with Gasteiger partial charge in [-0.1, -0.05) is 39.7 Å². The standard InChI is InChI=1S/C15H15BrClNO/c1-11-3-2-4-13(9-11)18-7-8-19-15-10-12(16)5-6-14(15)17/h2-6,9-10,18H,7-8H2,1H3. The van der Waals surface area contributed by atoms with Gasteiger partial charge in [0, 0.05) is 16.7 Å². The number of rotatable bonds is 5. The average Bonchev–Trinajstić information content (AvgIpc) is 2.39. The topological polar surface area (TPSA) is 21.3 Å². The SMILES string of the molecule is Cc1cccc(NCCOc2cc(Br)ccc2Cl)c1. The van der Waals surface area contributed by atoms with Crippen LogP contribution in [0.3, 0.4) is 0 Å². The van der Waals surface area contributed by atoms with Crippen molar-refractivity contribution < 1.29 is 4.74 Å². The second-order valence-electron chi connectivity index (χ2n) is 4.22. The van der Waals surface area contributed by atoms with E-state index in [0.717, 1.165) is 16.7 Å². The molecule has 4 heteroatoms. The van der Waals surface area contributed by atoms with Crippen molar-refractivity contribution in [2.24, 2.45) is 0 Å². The first-order chi connectivity index (χ1) is 9.15. The lowest BCUT2D eigenvalue weighted by molar-refractivity contribution is 0.333. The van der Waals surface area contributed by atoms with E-state index in [2.05, 4.69) is 40.3 Å². The van der Waals surface area contributed by atoms with Crippen LogP contribution in [0.2, 0.25) is 5.02 Å². The van der Waals surface area contributed by atoms with Crippen LogP contribution in [-0.4, -0.2) is 13.2 Å². The Bertz CT molecular complexity index is 560. The Hall–Kier alpha value is -1.19. The van der Waals surface area contributed by atoms with E-state index < -0.39 is 0 Å². The summed E-state index contributed by atoms with van der Waals surface area (Å²) in [5.74, 6) is 0.696. The van der Waals surface area contributed by atoms with E-state index in [9.17, 15) is 0 Å². The second-order valence-corrected chi connectivity index (χ2v) is 5.54. The first kappa shape index (κ1) is 14.2. The molecule has 0 saturated heterocycles. The zero-order chi connectivity index (χ0) is 13.7. The molecule has 100 valence electrons. The van der Waals surface area contributed by atoms with E-state index in [4.69, 9.17) is 16.3 Å². The molecule has 0 unspecified atom stereocenters. The minimum absolute atomic E-state index is 0.560. The van der Waals surface area contributed by atoms with E-state index >= 15 is 0 Å². The highest BCUT2D eigenvalue weighted by molar-refractivity contribution is 9.10. The van der Waals surface area contributed by atoms with Crippen molar-refractivity contribution in [2.75, 3.05) is 18.5 Å². The third kappa shape index (κ3) is 4.44. The molecule has 19 heavy (non-hydrogen) atoms. The predicted molar refractivity (Wildman–Crippen MR) is 84.3 cm³/mol. The van der Waals surface area contributed by atoms with Gasteiger partial charge < -0.3 is 10.1 Å². The lowest BCUT2D eigenvalue weighted by Crippen LogP contribution is -2.11. The number of ether oxygens (including phenoxy) is 1. The van der Waals surface area contributed by atoms with Gasteiger partial charge in [0.05, 0.1) is 5.02 Å². The number of hydrogen-bond donors (Lipinski definition) is 1. The number of benzene rings is 2. The van der Waals surface area contributed by atoms with Crippen LogP contribution in [0.4, 0.5) is 5.69 Å². The molecule has 0 bridgehead atoms. The van der Waals surface area contributed by atoms with Crippen LogP contribution in [0.25, 0.3) is 0 Å². The van der Waals surface area contributed by atoms with Gasteiger partial charge in [0.2, 0.25) is 0 Å². The van der Waals surface area contributed by atoms with Gasteiger partial charge in [0.1, 0.15) is 12.4 Å². The molecule has 0 aliphatic carbocycles. The lowest BCUT2D eigenvalue weighted by Gasteiger charge is -2.10. The summed E-state index contributed by atoms with van der Waals surface area (Å²) in [6, 6.07) is 13.8. The van der Waals surface area contributed by atoms with Gasteiger partial charge in [0.25, 0.3) is 0 Å². The molecule has 0 spiro atoms. The second kappa shape index (κ2) is 6.83. The highest BCUT2D eigenvalue weighted by atomic mass is 79.9. The smallest absolute Gasteiger partial charge is 0.139 e. The maximum absolute atomic E-state index is 6.05. The Morgan fingerprint density at radius 3 is 2.84 bits per heavy atom. The normalized spacial score (nSPS) is 10.3. The molecule has 0 radical (unpaired) electrons. The molecule has 2 rings (SSSR count). The van der Waals surface area contributed by atoms with Crippen molar-refractivity contribution in [3.05, 3.63) is 57.5 Å². The predicted octanol–water partition coefficient (Wildman–Crippen LogP) is 4.90. The highest BCUT2D eigenvalue weighted by Crippen LogP contribution is 2.27. The van der Waals surface area contributed by atoms with Crippen LogP contribution in [0.1, 0.15) is 5.56 Å². The third-order valence-corrected chi connectivity index (χ3v) is 3.41. The molecule has 0 fully saturated rings. The van der Waals surface area contributed by atoms with Gasteiger partial charge in [-0.2, -0.15) is 0 Å². The largest absolute Gasteiger partial charge is 0.490 e. The van der Waals surface area contributed by atoms with Gasteiger partial charge in [0.15, 0.2) is 0 Å². The summed E-state index contributed by atoms with van der Waals surface area (Å²) in [7, 11) is 0. The number of nitrogens with one attached hydrogen (secondary N) is 1. The summed E-state index contributed by atoms with van der Waals surface area (Å²) in [6.07, 6.45) is 0. The van der Waals surface area contributed by atoms with Gasteiger partial charge in [-0.25, -0.2) is 0 Å². The molecule has 2 nitrogen and oxygen atoms in total. The van der Waals surface area contributed by atoms with E-state index in [0.29, 0.717) is 17.4 Å². The van der Waals surface area contributed by atoms with Crippen molar-refractivity contribution >= 4 is 33.2 Å². The van der Waals surface area contributed by atoms with Crippen LogP contribution in [-0.2, 0) is 0 Å². The van der Waals surface area contributed by atoms with Crippen LogP contribution >= 0.6 is 27.5 Å². The first-order valence-electron chi connectivity index (χ1n) is 6.03. The monoisotopic (exact) mass is 339 g/mol. The van der Waals surface area contributed by atoms with Crippen molar-refractivity contribution in [2.45, 2.75) is 6.92 Å². The molecule has 0 aliphatic rings. The van der Waals surface area contributed by atoms with E-state index in [1.54, 1.807) is 0 Å². The molecule has 0 saturated carbocycles. The zero-order valence-electron chi connectivity index (χ0n) is 10.6. The Labute approximate surface area is 126 Å². The molecular weight excluding hydrogens is 326 g/mol. The van der Waals surface area contributed by atoms with Gasteiger partial charge in [-0.15, -0.1) is 0 Å². The summed E-state index contributed by atoms with van der Waals surface area (Å²) in [5, 5.41) is 3.93. The number of anilines is 1. The minimum Gasteiger partial charge on any atom is -0.490 e. The molecule has 2 aromatic rings. The quantitative estimate of drug-likeness (QED) is 0.782. The summed E-state index contributed by atoms with van der Waals surface area (Å²) in [5.41, 5.74) is 2.34. The Morgan fingerprint density at radius 2 is 2.05 bits per heavy atom. The fraction of sp³-hybridized carbons (Fsp3) is 0.200. The van der Waals surface area contributed by atoms with Gasteiger partial charge in [-0.05, 0) is 42.8 Å². The zero-order valence-corrected chi connectivity index (χ0v) is 13.0. The van der Waals surface area contributed by atoms with Crippen molar-refractivity contribution in [1.29, 1.82) is 0 Å². The molecule has 0 heterocycles. The van der Waals surface area contributed by atoms with Crippen LogP contribution < -0.4 is 10.1 Å². The summed E-state index contributed by atoms with van der Waals surface area (Å²) in [6.45, 7) is 3.36. The van der Waals surface area contributed by atoms with E-state index in [-0.39, 0.29) is 0 Å². The molecular formula is C15H15BrClNO. The van der Waals surface area contributed by atoms with E-state index in [1.807, 2.05) is 30.3 Å². The fourth-order valence-electron chi connectivity index (χ4n) is 1.70. The molecule has 0 aromatic heterocycles. The summed E-state index contributed by atoms with van der Waals surface area (Å²) >= 11 is 9.44. The highest BCUT2D eigenvalue weighted by Gasteiger charge is 2.01. The average molecular weight is 341 g/mol. The first-order valence-corrected chi connectivity index (χ1v) is 7.20. The lowest BCUT2D eigenvalue weighted by atomic mass is 10.2. The van der Waals surface area contributed by atoms with Gasteiger partial charge >= 0.3 is 0 Å². The molecule has 0 aliphatic heterocycles. The summed E-state index contributed by atoms with van der Waals surface area (Å²) in [4.78, 5) is 0. The van der Waals surface area contributed by atoms with Crippen LogP contribution in [0.15, 0.2) is 46.9 Å². The molecule has 0 atom stereocenters.